The van der Waals surface area contributed by atoms with E-state index in [2.05, 4.69) is 67.4 Å². The van der Waals surface area contributed by atoms with Gasteiger partial charge in [0.05, 0.1) is 12.5 Å². The van der Waals surface area contributed by atoms with Crippen molar-refractivity contribution in [3.63, 3.8) is 0 Å². The highest BCUT2D eigenvalue weighted by Crippen LogP contribution is 2.24. The lowest BCUT2D eigenvalue weighted by molar-refractivity contribution is -0.121. The predicted molar refractivity (Wildman–Crippen MR) is 115 cm³/mol. The monoisotopic (exact) mass is 394 g/mol. The maximum Gasteiger partial charge on any atom is 0.266 e. The summed E-state index contributed by atoms with van der Waals surface area (Å²) in [5.41, 5.74) is 5.18. The highest BCUT2D eigenvalue weighted by molar-refractivity contribution is 5.79. The maximum atomic E-state index is 12.9. The summed E-state index contributed by atoms with van der Waals surface area (Å²) in [7, 11) is 0. The van der Waals surface area contributed by atoms with Gasteiger partial charge in [-0.25, -0.2) is 9.50 Å². The third-order valence-corrected chi connectivity index (χ3v) is 5.49. The maximum absolute atomic E-state index is 12.9. The predicted octanol–water partition coefficient (Wildman–Crippen LogP) is 3.82. The van der Waals surface area contributed by atoms with Crippen LogP contribution in [0.1, 0.15) is 67.7 Å². The summed E-state index contributed by atoms with van der Waals surface area (Å²) in [6, 6.07) is 9.88. The molecule has 1 atom stereocenters. The zero-order valence-corrected chi connectivity index (χ0v) is 18.0. The highest BCUT2D eigenvalue weighted by Gasteiger charge is 2.20. The number of carbonyl (C=O) groups excluding carboxylic acids is 1. The van der Waals surface area contributed by atoms with Gasteiger partial charge in [-0.2, -0.15) is 0 Å². The second kappa shape index (κ2) is 8.23. The molecule has 2 N–H and O–H groups in total. The molecule has 3 aromatic rings. The van der Waals surface area contributed by atoms with Crippen LogP contribution in [0.4, 0.5) is 0 Å². The number of hydrogen-bond donors (Lipinski definition) is 2. The molecule has 2 heterocycles. The molecule has 154 valence electrons. The van der Waals surface area contributed by atoms with E-state index in [0.29, 0.717) is 11.6 Å². The lowest BCUT2D eigenvalue weighted by Crippen LogP contribution is -2.33. The zero-order chi connectivity index (χ0) is 21.3. The van der Waals surface area contributed by atoms with Gasteiger partial charge in [-0.1, -0.05) is 52.0 Å². The van der Waals surface area contributed by atoms with Gasteiger partial charge in [0.2, 0.25) is 5.91 Å². The third-order valence-electron chi connectivity index (χ3n) is 5.49. The molecule has 0 aliphatic carbocycles. The van der Waals surface area contributed by atoms with E-state index in [9.17, 15) is 9.59 Å². The van der Waals surface area contributed by atoms with Crippen molar-refractivity contribution in [2.75, 3.05) is 0 Å². The second-order valence-electron chi connectivity index (χ2n) is 8.36. The van der Waals surface area contributed by atoms with Crippen LogP contribution in [0.25, 0.3) is 5.65 Å². The first kappa shape index (κ1) is 20.8. The molecule has 6 nitrogen and oxygen atoms in total. The summed E-state index contributed by atoms with van der Waals surface area (Å²) in [4.78, 5) is 29.0. The number of rotatable bonds is 6. The Morgan fingerprint density at radius 3 is 2.31 bits per heavy atom. The van der Waals surface area contributed by atoms with E-state index in [0.717, 1.165) is 22.5 Å². The number of amides is 1. The van der Waals surface area contributed by atoms with Crippen LogP contribution in [0, 0.1) is 19.8 Å². The van der Waals surface area contributed by atoms with E-state index in [-0.39, 0.29) is 29.8 Å². The van der Waals surface area contributed by atoms with Gasteiger partial charge in [-0.15, -0.1) is 0 Å². The van der Waals surface area contributed by atoms with Crippen LogP contribution in [0.5, 0.6) is 0 Å². The summed E-state index contributed by atoms with van der Waals surface area (Å²) >= 11 is 0. The SMILES string of the molecule is Cc1nc2cc(=O)[nH]n2c(C)c1CC(=O)NC(c1ccc(C(C)C)cc1)C(C)C. The van der Waals surface area contributed by atoms with Gasteiger partial charge in [-0.05, 0) is 36.8 Å². The van der Waals surface area contributed by atoms with Crippen molar-refractivity contribution in [3.05, 3.63) is 68.8 Å². The fourth-order valence-electron chi connectivity index (χ4n) is 3.72. The van der Waals surface area contributed by atoms with Gasteiger partial charge in [0, 0.05) is 23.0 Å². The number of carbonyl (C=O) groups is 1. The summed E-state index contributed by atoms with van der Waals surface area (Å²) in [6.45, 7) is 12.3. The minimum absolute atomic E-state index is 0.0570. The molecule has 2 aromatic heterocycles. The van der Waals surface area contributed by atoms with Crippen LogP contribution in [0.2, 0.25) is 0 Å². The van der Waals surface area contributed by atoms with Crippen molar-refractivity contribution in [1.82, 2.24) is 19.9 Å². The number of fused-ring (bicyclic) bond motifs is 1. The molecule has 0 aliphatic rings. The topological polar surface area (TPSA) is 79.3 Å². The fraction of sp³-hybridized carbons (Fsp3) is 0.435. The number of benzene rings is 1. The van der Waals surface area contributed by atoms with Crippen LogP contribution in [-0.4, -0.2) is 20.5 Å². The third kappa shape index (κ3) is 4.42. The average molecular weight is 395 g/mol. The van der Waals surface area contributed by atoms with Crippen molar-refractivity contribution < 1.29 is 4.79 Å². The normalized spacial score (nSPS) is 12.7. The van der Waals surface area contributed by atoms with Crippen LogP contribution in [0.15, 0.2) is 35.1 Å². The standard InChI is InChI=1S/C23H30N4O2/c1-13(2)17-7-9-18(10-8-17)23(14(3)4)25-21(28)11-19-15(5)24-20-12-22(29)26-27(20)16(19)6/h7-10,12-14,23H,11H2,1-6H3,(H,25,28)(H,26,29). The smallest absolute Gasteiger partial charge is 0.266 e. The Labute approximate surface area is 171 Å². The molecule has 6 heteroatoms. The average Bonchev–Trinajstić information content (AvgIpc) is 3.03. The minimum atomic E-state index is -0.202. The second-order valence-corrected chi connectivity index (χ2v) is 8.36. The van der Waals surface area contributed by atoms with Gasteiger partial charge < -0.3 is 5.32 Å². The highest BCUT2D eigenvalue weighted by atomic mass is 16.1. The lowest BCUT2D eigenvalue weighted by atomic mass is 9.93. The number of hydrogen-bond acceptors (Lipinski definition) is 3. The summed E-state index contributed by atoms with van der Waals surface area (Å²) < 4.78 is 1.64. The Hall–Kier alpha value is -2.89. The summed E-state index contributed by atoms with van der Waals surface area (Å²) in [5, 5.41) is 5.92. The number of aromatic amines is 1. The van der Waals surface area contributed by atoms with Crippen molar-refractivity contribution in [3.8, 4) is 0 Å². The molecule has 3 rings (SSSR count). The van der Waals surface area contributed by atoms with E-state index in [1.165, 1.54) is 11.6 Å². The molecule has 0 aliphatic heterocycles. The first-order valence-corrected chi connectivity index (χ1v) is 10.1. The minimum Gasteiger partial charge on any atom is -0.349 e. The van der Waals surface area contributed by atoms with E-state index < -0.39 is 0 Å². The molecule has 0 saturated carbocycles. The molecule has 0 saturated heterocycles. The molecule has 0 fully saturated rings. The first-order chi connectivity index (χ1) is 13.7. The van der Waals surface area contributed by atoms with Gasteiger partial charge in [0.1, 0.15) is 0 Å². The largest absolute Gasteiger partial charge is 0.349 e. The van der Waals surface area contributed by atoms with Crippen LogP contribution >= 0.6 is 0 Å². The Morgan fingerprint density at radius 2 is 1.72 bits per heavy atom. The van der Waals surface area contributed by atoms with Crippen molar-refractivity contribution >= 4 is 11.6 Å². The number of nitrogens with zero attached hydrogens (tertiary/aromatic N) is 2. The molecular formula is C23H30N4O2. The molecule has 1 amide bonds. The van der Waals surface area contributed by atoms with Gasteiger partial charge >= 0.3 is 0 Å². The van der Waals surface area contributed by atoms with Crippen molar-refractivity contribution in [2.24, 2.45) is 5.92 Å². The molecular weight excluding hydrogens is 364 g/mol. The van der Waals surface area contributed by atoms with Crippen molar-refractivity contribution in [2.45, 2.75) is 59.9 Å². The number of H-pyrrole nitrogens is 1. The molecule has 0 radical (unpaired) electrons. The van der Waals surface area contributed by atoms with Gasteiger partial charge in [0.15, 0.2) is 5.65 Å². The van der Waals surface area contributed by atoms with Gasteiger partial charge in [0.25, 0.3) is 5.56 Å². The number of nitrogens with one attached hydrogen (secondary N) is 2. The van der Waals surface area contributed by atoms with Crippen LogP contribution < -0.4 is 10.9 Å². The lowest BCUT2D eigenvalue weighted by Gasteiger charge is -2.24. The Morgan fingerprint density at radius 1 is 1.10 bits per heavy atom. The van der Waals surface area contributed by atoms with Crippen LogP contribution in [-0.2, 0) is 11.2 Å². The summed E-state index contributed by atoms with van der Waals surface area (Å²) in [5.74, 6) is 0.676. The number of aromatic nitrogens is 3. The van der Waals surface area contributed by atoms with E-state index in [1.54, 1.807) is 4.52 Å². The Balaban J connectivity index is 1.82. The van der Waals surface area contributed by atoms with Crippen LogP contribution in [0.3, 0.4) is 0 Å². The molecule has 0 bridgehead atoms. The van der Waals surface area contributed by atoms with Gasteiger partial charge in [-0.3, -0.25) is 14.7 Å². The van der Waals surface area contributed by atoms with E-state index in [1.807, 2.05) is 13.8 Å². The first-order valence-electron chi connectivity index (χ1n) is 10.1. The number of aryl methyl sites for hydroxylation is 2. The van der Waals surface area contributed by atoms with Crippen molar-refractivity contribution in [1.29, 1.82) is 0 Å². The quantitative estimate of drug-likeness (QED) is 0.667. The molecule has 0 spiro atoms. The fourth-order valence-corrected chi connectivity index (χ4v) is 3.72. The Bertz CT molecular complexity index is 1070. The Kier molecular flexibility index (Phi) is 5.91. The summed E-state index contributed by atoms with van der Waals surface area (Å²) in [6.07, 6.45) is 0.216. The van der Waals surface area contributed by atoms with E-state index in [4.69, 9.17) is 0 Å². The molecule has 29 heavy (non-hydrogen) atoms. The molecule has 1 unspecified atom stereocenters. The molecule has 1 aromatic carbocycles. The van der Waals surface area contributed by atoms with E-state index >= 15 is 0 Å². The zero-order valence-electron chi connectivity index (χ0n) is 18.0.